The van der Waals surface area contributed by atoms with Crippen LogP contribution in [0.5, 0.6) is 11.5 Å². The van der Waals surface area contributed by atoms with Gasteiger partial charge in [0.25, 0.3) is 0 Å². The second kappa shape index (κ2) is 9.90. The zero-order valence-electron chi connectivity index (χ0n) is 17.2. The third-order valence-corrected chi connectivity index (χ3v) is 5.62. The quantitative estimate of drug-likeness (QED) is 0.519. The van der Waals surface area contributed by atoms with Gasteiger partial charge < -0.3 is 14.8 Å². The molecule has 3 rings (SSSR count). The second-order valence-electron chi connectivity index (χ2n) is 6.64. The molecule has 0 aliphatic rings. The van der Waals surface area contributed by atoms with E-state index in [9.17, 15) is 10.1 Å². The number of carbonyl (C=O) groups is 1. The van der Waals surface area contributed by atoms with E-state index in [1.54, 1.807) is 32.7 Å². The number of ether oxygens (including phenoxy) is 2. The Hall–Kier alpha value is -3.37. The minimum atomic E-state index is -0.00101. The minimum Gasteiger partial charge on any atom is -0.493 e. The third kappa shape index (κ3) is 4.61. The van der Waals surface area contributed by atoms with Gasteiger partial charge in [-0.25, -0.2) is 0 Å². The highest BCUT2D eigenvalue weighted by molar-refractivity contribution is 7.14. The largest absolute Gasteiger partial charge is 0.493 e. The molecule has 2 aromatic heterocycles. The lowest BCUT2D eigenvalue weighted by atomic mass is 9.98. The average Bonchev–Trinajstić information content (AvgIpc) is 3.24. The molecular formula is C23H23N3O3S. The van der Waals surface area contributed by atoms with Crippen molar-refractivity contribution in [3.8, 4) is 39.1 Å². The first kappa shape index (κ1) is 21.3. The van der Waals surface area contributed by atoms with Crippen LogP contribution in [-0.2, 0) is 4.79 Å². The maximum atomic E-state index is 12.0. The van der Waals surface area contributed by atoms with Crippen LogP contribution in [0.3, 0.4) is 0 Å². The number of unbranched alkanes of at least 4 members (excludes halogenated alkanes) is 1. The van der Waals surface area contributed by atoms with Crippen molar-refractivity contribution in [2.75, 3.05) is 19.5 Å². The molecule has 0 fully saturated rings. The van der Waals surface area contributed by atoms with Crippen molar-refractivity contribution >= 4 is 22.9 Å². The highest BCUT2D eigenvalue weighted by atomic mass is 32.1. The molecule has 1 amide bonds. The molecule has 3 aromatic rings. The molecule has 154 valence electrons. The Bertz CT molecular complexity index is 1090. The summed E-state index contributed by atoms with van der Waals surface area (Å²) in [6.45, 7) is 2.05. The van der Waals surface area contributed by atoms with Gasteiger partial charge in [0.15, 0.2) is 11.5 Å². The lowest BCUT2D eigenvalue weighted by Crippen LogP contribution is -2.09. The number of thiophene rings is 1. The highest BCUT2D eigenvalue weighted by Crippen LogP contribution is 2.38. The van der Waals surface area contributed by atoms with Crippen LogP contribution >= 0.6 is 11.3 Å². The molecule has 0 aliphatic carbocycles. The van der Waals surface area contributed by atoms with E-state index in [1.807, 2.05) is 23.6 Å². The number of rotatable bonds is 8. The Morgan fingerprint density at radius 3 is 2.63 bits per heavy atom. The average molecular weight is 422 g/mol. The summed E-state index contributed by atoms with van der Waals surface area (Å²) in [5.74, 6) is 1.20. The molecule has 0 radical (unpaired) electrons. The number of methoxy groups -OCH3 is 2. The molecule has 1 aromatic carbocycles. The maximum Gasteiger partial charge on any atom is 0.224 e. The Labute approximate surface area is 180 Å². The number of nitrogens with one attached hydrogen (secondary N) is 1. The molecule has 0 unspecified atom stereocenters. The Morgan fingerprint density at radius 1 is 1.17 bits per heavy atom. The molecule has 30 heavy (non-hydrogen) atoms. The molecule has 2 heterocycles. The molecular weight excluding hydrogens is 398 g/mol. The molecule has 7 heteroatoms. The van der Waals surface area contributed by atoms with E-state index in [4.69, 9.17) is 9.47 Å². The number of benzene rings is 1. The summed E-state index contributed by atoms with van der Waals surface area (Å²) >= 11 is 1.47. The lowest BCUT2D eigenvalue weighted by Gasteiger charge is -2.12. The van der Waals surface area contributed by atoms with Gasteiger partial charge in [-0.15, -0.1) is 11.3 Å². The number of carbonyl (C=O) groups excluding carboxylic acids is 1. The van der Waals surface area contributed by atoms with E-state index in [0.717, 1.165) is 34.5 Å². The monoisotopic (exact) mass is 421 g/mol. The van der Waals surface area contributed by atoms with Gasteiger partial charge in [-0.3, -0.25) is 9.78 Å². The van der Waals surface area contributed by atoms with Crippen LogP contribution < -0.4 is 14.8 Å². The van der Waals surface area contributed by atoms with Crippen LogP contribution in [0.4, 0.5) is 5.69 Å². The fraction of sp³-hybridized carbons (Fsp3) is 0.261. The summed E-state index contributed by atoms with van der Waals surface area (Å²) in [5.41, 5.74) is 3.49. The van der Waals surface area contributed by atoms with Gasteiger partial charge in [0.1, 0.15) is 6.07 Å². The number of aromatic nitrogens is 1. The number of amides is 1. The molecule has 1 N–H and O–H groups in total. The van der Waals surface area contributed by atoms with Gasteiger partial charge in [-0.05, 0) is 30.2 Å². The lowest BCUT2D eigenvalue weighted by molar-refractivity contribution is -0.116. The van der Waals surface area contributed by atoms with Crippen molar-refractivity contribution in [2.24, 2.45) is 0 Å². The van der Waals surface area contributed by atoms with Crippen LogP contribution in [0.2, 0.25) is 0 Å². The number of hydrogen-bond donors (Lipinski definition) is 1. The number of pyridine rings is 1. The van der Waals surface area contributed by atoms with Crippen LogP contribution in [0, 0.1) is 11.3 Å². The number of nitriles is 1. The van der Waals surface area contributed by atoms with E-state index in [1.165, 1.54) is 11.3 Å². The Kier molecular flexibility index (Phi) is 7.04. The highest BCUT2D eigenvalue weighted by Gasteiger charge is 2.16. The first-order chi connectivity index (χ1) is 14.6. The topological polar surface area (TPSA) is 84.2 Å². The maximum absolute atomic E-state index is 12.0. The smallest absolute Gasteiger partial charge is 0.224 e. The zero-order chi connectivity index (χ0) is 21.5. The van der Waals surface area contributed by atoms with Gasteiger partial charge >= 0.3 is 0 Å². The zero-order valence-corrected chi connectivity index (χ0v) is 18.0. The summed E-state index contributed by atoms with van der Waals surface area (Å²) in [6.07, 6.45) is 5.68. The van der Waals surface area contributed by atoms with Gasteiger partial charge in [0.05, 0.1) is 25.5 Å². The van der Waals surface area contributed by atoms with E-state index >= 15 is 0 Å². The first-order valence-electron chi connectivity index (χ1n) is 9.60. The van der Waals surface area contributed by atoms with Crippen LogP contribution in [0.15, 0.2) is 42.0 Å². The molecule has 0 aliphatic heterocycles. The molecule has 0 spiro atoms. The van der Waals surface area contributed by atoms with Gasteiger partial charge in [-0.1, -0.05) is 19.4 Å². The Morgan fingerprint density at radius 2 is 1.93 bits per heavy atom. The van der Waals surface area contributed by atoms with E-state index < -0.39 is 0 Å². The van der Waals surface area contributed by atoms with Crippen LogP contribution in [-0.4, -0.2) is 25.1 Å². The standard InChI is InChI=1S/C23H23N3O3S/c1-4-5-6-23(27)26-16-10-22(30-14-16)19-13-25-12-18(17(19)11-24)15-7-8-20(28-2)21(9-15)29-3/h7-10,12-14H,4-6H2,1-3H3,(H,26,27). The fourth-order valence-corrected chi connectivity index (χ4v) is 3.95. The summed E-state index contributed by atoms with van der Waals surface area (Å²) in [6, 6.07) is 9.69. The van der Waals surface area contributed by atoms with Crippen molar-refractivity contribution < 1.29 is 14.3 Å². The van der Waals surface area contributed by atoms with Crippen molar-refractivity contribution in [1.82, 2.24) is 4.98 Å². The predicted octanol–water partition coefficient (Wildman–Crippen LogP) is 5.49. The molecule has 6 nitrogen and oxygen atoms in total. The van der Waals surface area contributed by atoms with Crippen LogP contribution in [0.25, 0.3) is 21.6 Å². The molecule has 0 saturated heterocycles. The predicted molar refractivity (Wildman–Crippen MR) is 119 cm³/mol. The van der Waals surface area contributed by atoms with Crippen molar-refractivity contribution in [3.05, 3.63) is 47.6 Å². The fourth-order valence-electron chi connectivity index (χ4n) is 3.09. The summed E-state index contributed by atoms with van der Waals surface area (Å²) in [4.78, 5) is 17.2. The number of hydrogen-bond acceptors (Lipinski definition) is 6. The first-order valence-corrected chi connectivity index (χ1v) is 10.5. The number of nitrogens with zero attached hydrogens (tertiary/aromatic N) is 2. The SMILES string of the molecule is CCCCC(=O)Nc1csc(-c2cncc(-c3ccc(OC)c(OC)c3)c2C#N)c1. The van der Waals surface area contributed by atoms with Crippen LogP contribution in [0.1, 0.15) is 31.7 Å². The van der Waals surface area contributed by atoms with Gasteiger partial charge in [-0.2, -0.15) is 5.26 Å². The normalized spacial score (nSPS) is 10.3. The minimum absolute atomic E-state index is 0.00101. The van der Waals surface area contributed by atoms with Crippen molar-refractivity contribution in [1.29, 1.82) is 5.26 Å². The Balaban J connectivity index is 1.96. The van der Waals surface area contributed by atoms with E-state index in [-0.39, 0.29) is 5.91 Å². The summed E-state index contributed by atoms with van der Waals surface area (Å²) in [7, 11) is 3.15. The van der Waals surface area contributed by atoms with Gasteiger partial charge in [0, 0.05) is 40.2 Å². The summed E-state index contributed by atoms with van der Waals surface area (Å²) < 4.78 is 10.7. The molecule has 0 bridgehead atoms. The summed E-state index contributed by atoms with van der Waals surface area (Å²) in [5, 5.41) is 14.7. The molecule has 0 atom stereocenters. The number of anilines is 1. The second-order valence-corrected chi connectivity index (χ2v) is 7.55. The van der Waals surface area contributed by atoms with Crippen molar-refractivity contribution in [2.45, 2.75) is 26.2 Å². The molecule has 0 saturated carbocycles. The van der Waals surface area contributed by atoms with Crippen molar-refractivity contribution in [3.63, 3.8) is 0 Å². The van der Waals surface area contributed by atoms with Gasteiger partial charge in [0.2, 0.25) is 5.91 Å². The van der Waals surface area contributed by atoms with E-state index in [0.29, 0.717) is 29.0 Å². The van der Waals surface area contributed by atoms with E-state index in [2.05, 4.69) is 23.3 Å². The third-order valence-electron chi connectivity index (χ3n) is 4.66.